The number of aromatic nitrogens is 1. The van der Waals surface area contributed by atoms with Gasteiger partial charge in [0.05, 0.1) is 5.69 Å². The van der Waals surface area contributed by atoms with E-state index in [9.17, 15) is 4.79 Å². The molecule has 1 aliphatic heterocycles. The van der Waals surface area contributed by atoms with Crippen molar-refractivity contribution in [2.45, 2.75) is 39.7 Å². The van der Waals surface area contributed by atoms with Crippen molar-refractivity contribution in [2.24, 2.45) is 0 Å². The number of hydrogen-bond acceptors (Lipinski definition) is 4. The summed E-state index contributed by atoms with van der Waals surface area (Å²) in [7, 11) is 0. The van der Waals surface area contributed by atoms with Crippen LogP contribution >= 0.6 is 11.6 Å². The van der Waals surface area contributed by atoms with Crippen LogP contribution in [0.1, 0.15) is 35.4 Å². The predicted molar refractivity (Wildman–Crippen MR) is 102 cm³/mol. The molecular formula is C20H26ClN3O2. The van der Waals surface area contributed by atoms with Gasteiger partial charge in [0.15, 0.2) is 0 Å². The molecule has 0 bridgehead atoms. The fourth-order valence-corrected chi connectivity index (χ4v) is 3.60. The highest BCUT2D eigenvalue weighted by Gasteiger charge is 2.20. The zero-order chi connectivity index (χ0) is 18.5. The molecule has 0 aliphatic carbocycles. The molecule has 0 atom stereocenters. The van der Waals surface area contributed by atoms with E-state index in [1.807, 2.05) is 30.9 Å². The molecule has 0 spiro atoms. The number of nitrogens with zero attached hydrogens (tertiary/aromatic N) is 3. The topological polar surface area (TPSA) is 49.6 Å². The van der Waals surface area contributed by atoms with Crippen LogP contribution in [0.4, 0.5) is 0 Å². The van der Waals surface area contributed by atoms with Gasteiger partial charge in [0.1, 0.15) is 5.76 Å². The van der Waals surface area contributed by atoms with Crippen molar-refractivity contribution in [3.8, 4) is 0 Å². The van der Waals surface area contributed by atoms with Gasteiger partial charge in [0.2, 0.25) is 5.91 Å². The molecule has 0 N–H and O–H groups in total. The Morgan fingerprint density at radius 3 is 2.62 bits per heavy atom. The van der Waals surface area contributed by atoms with Crippen LogP contribution < -0.4 is 0 Å². The number of halogens is 1. The molecule has 0 unspecified atom stereocenters. The Labute approximate surface area is 159 Å². The van der Waals surface area contributed by atoms with Crippen LogP contribution in [0.3, 0.4) is 0 Å². The van der Waals surface area contributed by atoms with Crippen molar-refractivity contribution in [2.75, 3.05) is 26.2 Å². The summed E-state index contributed by atoms with van der Waals surface area (Å²) in [6, 6.07) is 8.00. The Bertz CT molecular complexity index is 723. The summed E-state index contributed by atoms with van der Waals surface area (Å²) in [5, 5.41) is 4.73. The van der Waals surface area contributed by atoms with Crippen LogP contribution in [0.15, 0.2) is 28.8 Å². The van der Waals surface area contributed by atoms with E-state index >= 15 is 0 Å². The molecule has 1 amide bonds. The maximum absolute atomic E-state index is 12.6. The summed E-state index contributed by atoms with van der Waals surface area (Å²) < 4.78 is 5.18. The molecule has 0 radical (unpaired) electrons. The third kappa shape index (κ3) is 4.86. The van der Waals surface area contributed by atoms with E-state index in [2.05, 4.69) is 22.2 Å². The van der Waals surface area contributed by atoms with E-state index in [1.165, 1.54) is 5.56 Å². The van der Waals surface area contributed by atoms with Crippen LogP contribution in [-0.4, -0.2) is 47.0 Å². The molecule has 3 rings (SSSR count). The maximum Gasteiger partial charge on any atom is 0.222 e. The zero-order valence-corrected chi connectivity index (χ0v) is 16.3. The van der Waals surface area contributed by atoms with Gasteiger partial charge >= 0.3 is 0 Å². The third-order valence-electron chi connectivity index (χ3n) is 5.03. The molecule has 6 heteroatoms. The standard InChI is InChI=1S/C20H26ClN3O2/c1-15-19(16(2)26-22-15)8-9-20(25)24-11-3-10-23(12-13-24)14-17-4-6-18(21)7-5-17/h4-7H,3,8-14H2,1-2H3. The Hall–Kier alpha value is -1.85. The lowest BCUT2D eigenvalue weighted by atomic mass is 10.1. The van der Waals surface area contributed by atoms with Crippen molar-refractivity contribution < 1.29 is 9.32 Å². The first-order valence-corrected chi connectivity index (χ1v) is 9.57. The average Bonchev–Trinajstić information content (AvgIpc) is 2.82. The highest BCUT2D eigenvalue weighted by Crippen LogP contribution is 2.16. The lowest BCUT2D eigenvalue weighted by Crippen LogP contribution is -2.35. The van der Waals surface area contributed by atoms with Crippen LogP contribution in [0, 0.1) is 13.8 Å². The van der Waals surface area contributed by atoms with Crippen LogP contribution in [0.25, 0.3) is 0 Å². The number of rotatable bonds is 5. The van der Waals surface area contributed by atoms with Crippen molar-refractivity contribution in [1.29, 1.82) is 0 Å². The average molecular weight is 376 g/mol. The molecule has 2 aromatic rings. The lowest BCUT2D eigenvalue weighted by Gasteiger charge is -2.22. The van der Waals surface area contributed by atoms with Crippen molar-refractivity contribution in [1.82, 2.24) is 15.0 Å². The van der Waals surface area contributed by atoms with Crippen molar-refractivity contribution in [3.05, 3.63) is 51.9 Å². The molecule has 1 aromatic heterocycles. The second-order valence-electron chi connectivity index (χ2n) is 6.94. The number of aryl methyl sites for hydroxylation is 2. The SMILES string of the molecule is Cc1noc(C)c1CCC(=O)N1CCCN(Cc2ccc(Cl)cc2)CC1. The van der Waals surface area contributed by atoms with Gasteiger partial charge < -0.3 is 9.42 Å². The highest BCUT2D eigenvalue weighted by molar-refractivity contribution is 6.30. The number of amides is 1. The Balaban J connectivity index is 1.49. The first-order chi connectivity index (χ1) is 12.5. The quantitative estimate of drug-likeness (QED) is 0.801. The van der Waals surface area contributed by atoms with E-state index in [-0.39, 0.29) is 5.91 Å². The maximum atomic E-state index is 12.6. The van der Waals surface area contributed by atoms with Gasteiger partial charge in [-0.1, -0.05) is 28.9 Å². The van der Waals surface area contributed by atoms with E-state index in [4.69, 9.17) is 16.1 Å². The minimum Gasteiger partial charge on any atom is -0.361 e. The van der Waals surface area contributed by atoms with Crippen molar-refractivity contribution >= 4 is 17.5 Å². The summed E-state index contributed by atoms with van der Waals surface area (Å²) in [5.74, 6) is 1.04. The number of hydrogen-bond donors (Lipinski definition) is 0. The van der Waals surface area contributed by atoms with Gasteiger partial charge in [-0.05, 0) is 44.4 Å². The van der Waals surface area contributed by atoms with E-state index in [0.29, 0.717) is 12.8 Å². The highest BCUT2D eigenvalue weighted by atomic mass is 35.5. The summed E-state index contributed by atoms with van der Waals surface area (Å²) >= 11 is 5.95. The Morgan fingerprint density at radius 1 is 1.15 bits per heavy atom. The second kappa shape index (κ2) is 8.69. The monoisotopic (exact) mass is 375 g/mol. The van der Waals surface area contributed by atoms with Crippen LogP contribution in [0.5, 0.6) is 0 Å². The normalized spacial score (nSPS) is 15.9. The fourth-order valence-electron chi connectivity index (χ4n) is 3.48. The molecule has 26 heavy (non-hydrogen) atoms. The number of carbonyl (C=O) groups is 1. The fraction of sp³-hybridized carbons (Fsp3) is 0.500. The van der Waals surface area contributed by atoms with Crippen LogP contribution in [0.2, 0.25) is 5.02 Å². The van der Waals surface area contributed by atoms with E-state index in [0.717, 1.165) is 61.2 Å². The summed E-state index contributed by atoms with van der Waals surface area (Å²) in [4.78, 5) is 17.0. The largest absolute Gasteiger partial charge is 0.361 e. The van der Waals surface area contributed by atoms with Gasteiger partial charge in [0, 0.05) is 49.7 Å². The predicted octanol–water partition coefficient (Wildman–Crippen LogP) is 3.61. The van der Waals surface area contributed by atoms with Gasteiger partial charge in [-0.2, -0.15) is 0 Å². The van der Waals surface area contributed by atoms with E-state index < -0.39 is 0 Å². The molecule has 1 aliphatic rings. The molecule has 2 heterocycles. The zero-order valence-electron chi connectivity index (χ0n) is 15.5. The lowest BCUT2D eigenvalue weighted by molar-refractivity contribution is -0.131. The first kappa shape index (κ1) is 18.9. The molecule has 1 saturated heterocycles. The smallest absolute Gasteiger partial charge is 0.222 e. The molecule has 5 nitrogen and oxygen atoms in total. The van der Waals surface area contributed by atoms with E-state index in [1.54, 1.807) is 0 Å². The Kier molecular flexibility index (Phi) is 6.33. The van der Waals surface area contributed by atoms with Gasteiger partial charge in [-0.3, -0.25) is 9.69 Å². The summed E-state index contributed by atoms with van der Waals surface area (Å²) in [6.45, 7) is 8.26. The Morgan fingerprint density at radius 2 is 1.92 bits per heavy atom. The molecule has 0 saturated carbocycles. The summed E-state index contributed by atoms with van der Waals surface area (Å²) in [5.41, 5.74) is 3.21. The number of benzene rings is 1. The number of carbonyl (C=O) groups excluding carboxylic acids is 1. The van der Waals surface area contributed by atoms with Crippen molar-refractivity contribution in [3.63, 3.8) is 0 Å². The van der Waals surface area contributed by atoms with Gasteiger partial charge in [-0.15, -0.1) is 0 Å². The van der Waals surface area contributed by atoms with Gasteiger partial charge in [-0.25, -0.2) is 0 Å². The molecular weight excluding hydrogens is 350 g/mol. The van der Waals surface area contributed by atoms with Gasteiger partial charge in [0.25, 0.3) is 0 Å². The minimum absolute atomic E-state index is 0.221. The summed E-state index contributed by atoms with van der Waals surface area (Å²) in [6.07, 6.45) is 2.22. The molecule has 1 fully saturated rings. The first-order valence-electron chi connectivity index (χ1n) is 9.19. The minimum atomic E-state index is 0.221. The molecule has 140 valence electrons. The van der Waals surface area contributed by atoms with Crippen LogP contribution in [-0.2, 0) is 17.8 Å². The third-order valence-corrected chi connectivity index (χ3v) is 5.28. The second-order valence-corrected chi connectivity index (χ2v) is 7.38. The molecule has 1 aromatic carbocycles.